The van der Waals surface area contributed by atoms with Gasteiger partial charge >= 0.3 is 0 Å². The number of anilines is 1. The third kappa shape index (κ3) is 5.98. The van der Waals surface area contributed by atoms with E-state index in [2.05, 4.69) is 29.1 Å². The second-order valence-corrected chi connectivity index (χ2v) is 8.56. The van der Waals surface area contributed by atoms with Crippen LogP contribution in [-0.4, -0.2) is 54.8 Å². The monoisotopic (exact) mass is 469 g/mol. The van der Waals surface area contributed by atoms with Gasteiger partial charge in [0, 0.05) is 30.8 Å². The first kappa shape index (κ1) is 25.6. The van der Waals surface area contributed by atoms with Gasteiger partial charge in [0.2, 0.25) is 0 Å². The minimum Gasteiger partial charge on any atom is -0.474 e. The van der Waals surface area contributed by atoms with E-state index >= 15 is 0 Å². The van der Waals surface area contributed by atoms with Crippen molar-refractivity contribution < 1.29 is 14.3 Å². The van der Waals surface area contributed by atoms with Gasteiger partial charge in [-0.2, -0.15) is 0 Å². The van der Waals surface area contributed by atoms with Crippen molar-refractivity contribution in [3.8, 4) is 17.6 Å². The molecule has 4 unspecified atom stereocenters. The number of amides is 1. The molecule has 2 fully saturated rings. The first-order valence-electron chi connectivity index (χ1n) is 10.7. The van der Waals surface area contributed by atoms with Crippen molar-refractivity contribution in [2.24, 2.45) is 0 Å². The molecule has 2 heterocycles. The molecular formula is C23H33Cl2N3O3. The summed E-state index contributed by atoms with van der Waals surface area (Å²) < 4.78 is 11.8. The lowest BCUT2D eigenvalue weighted by atomic mass is 9.97. The quantitative estimate of drug-likeness (QED) is 0.467. The van der Waals surface area contributed by atoms with Gasteiger partial charge < -0.3 is 25.4 Å². The number of fused-ring (bicyclic) bond motifs is 2. The minimum atomic E-state index is -0.527. The van der Waals surface area contributed by atoms with Gasteiger partial charge in [0.25, 0.3) is 5.91 Å². The normalized spacial score (nSPS) is 24.4. The second kappa shape index (κ2) is 11.3. The lowest BCUT2D eigenvalue weighted by molar-refractivity contribution is 0.0139. The molecule has 2 aliphatic heterocycles. The summed E-state index contributed by atoms with van der Waals surface area (Å²) in [6.07, 6.45) is 3.53. The lowest BCUT2D eigenvalue weighted by Crippen LogP contribution is -2.48. The zero-order valence-electron chi connectivity index (χ0n) is 18.6. The van der Waals surface area contributed by atoms with Gasteiger partial charge in [0.05, 0.1) is 16.3 Å². The number of hydrogen-bond acceptors (Lipinski definition) is 5. The fraction of sp³-hybridized carbons (Fsp3) is 0.609. The van der Waals surface area contributed by atoms with Gasteiger partial charge in [-0.15, -0.1) is 18.3 Å². The molecule has 1 amide bonds. The molecule has 2 saturated heterocycles. The smallest absolute Gasteiger partial charge is 0.255 e. The summed E-state index contributed by atoms with van der Waals surface area (Å²) >= 11 is 6.24. The third-order valence-electron chi connectivity index (χ3n) is 6.17. The molecule has 3 N–H and O–H groups in total. The molecule has 0 aromatic heterocycles. The highest BCUT2D eigenvalue weighted by Crippen LogP contribution is 2.35. The Balaban J connectivity index is 0.00000341. The number of halogens is 2. The molecule has 6 nitrogen and oxygen atoms in total. The number of nitrogens with zero attached hydrogens (tertiary/aromatic N) is 1. The fourth-order valence-corrected chi connectivity index (χ4v) is 4.67. The Bertz CT molecular complexity index is 825. The van der Waals surface area contributed by atoms with E-state index < -0.39 is 6.10 Å². The molecule has 0 saturated carbocycles. The van der Waals surface area contributed by atoms with E-state index in [0.29, 0.717) is 40.7 Å². The molecule has 8 heteroatoms. The summed E-state index contributed by atoms with van der Waals surface area (Å²) in [5.41, 5.74) is 6.72. The number of nitrogen functional groups attached to an aromatic ring is 1. The molecule has 0 radical (unpaired) electrons. The predicted octanol–water partition coefficient (Wildman–Crippen LogP) is 3.89. The maximum absolute atomic E-state index is 13.2. The molecule has 3 rings (SSSR count). The Morgan fingerprint density at radius 2 is 2.00 bits per heavy atom. The maximum Gasteiger partial charge on any atom is 0.255 e. The number of piperidine rings is 1. The standard InChI is InChI=1S/C23H32ClN3O3.ClH/c1-5-7-21(14(3)29-6-2)30-22-13-20(25)19(24)12-18(22)23(28)26-15-10-16-8-9-17(11-15)27(16)4;/h12-17,21H,6,8-11,25H2,1-4H3,(H,26,28);1H. The van der Waals surface area contributed by atoms with E-state index in [1.807, 2.05) is 13.8 Å². The summed E-state index contributed by atoms with van der Waals surface area (Å²) in [5, 5.41) is 3.52. The molecule has 31 heavy (non-hydrogen) atoms. The number of carbonyl (C=O) groups excluding carboxylic acids is 1. The van der Waals surface area contributed by atoms with Crippen LogP contribution in [0.15, 0.2) is 12.1 Å². The molecule has 2 bridgehead atoms. The average Bonchev–Trinajstić information content (AvgIpc) is 2.90. The predicted molar refractivity (Wildman–Crippen MR) is 127 cm³/mol. The van der Waals surface area contributed by atoms with Crippen molar-refractivity contribution in [3.63, 3.8) is 0 Å². The van der Waals surface area contributed by atoms with E-state index in [4.69, 9.17) is 26.8 Å². The largest absolute Gasteiger partial charge is 0.474 e. The Labute approximate surface area is 196 Å². The van der Waals surface area contributed by atoms with Crippen LogP contribution in [0, 0.1) is 11.8 Å². The summed E-state index contributed by atoms with van der Waals surface area (Å²) in [7, 11) is 2.18. The van der Waals surface area contributed by atoms with E-state index in [1.165, 1.54) is 12.8 Å². The highest BCUT2D eigenvalue weighted by molar-refractivity contribution is 6.33. The summed E-state index contributed by atoms with van der Waals surface area (Å²) in [6.45, 7) is 6.10. The zero-order valence-corrected chi connectivity index (χ0v) is 20.2. The highest BCUT2D eigenvalue weighted by Gasteiger charge is 2.39. The van der Waals surface area contributed by atoms with Crippen LogP contribution in [0.4, 0.5) is 5.69 Å². The first-order valence-corrected chi connectivity index (χ1v) is 11.0. The lowest BCUT2D eigenvalue weighted by Gasteiger charge is -2.36. The number of carbonyl (C=O) groups is 1. The van der Waals surface area contributed by atoms with Crippen molar-refractivity contribution in [1.29, 1.82) is 0 Å². The summed E-state index contributed by atoms with van der Waals surface area (Å²) in [6, 6.07) is 4.39. The van der Waals surface area contributed by atoms with E-state index in [1.54, 1.807) is 19.1 Å². The van der Waals surface area contributed by atoms with E-state index in [0.717, 1.165) is 12.8 Å². The third-order valence-corrected chi connectivity index (χ3v) is 6.50. The first-order chi connectivity index (χ1) is 14.3. The number of ether oxygens (including phenoxy) is 2. The molecule has 0 aliphatic carbocycles. The molecule has 1 aromatic carbocycles. The molecule has 4 atom stereocenters. The molecule has 2 aliphatic rings. The van der Waals surface area contributed by atoms with Gasteiger partial charge in [-0.1, -0.05) is 17.5 Å². The van der Waals surface area contributed by atoms with Gasteiger partial charge in [0.15, 0.2) is 6.10 Å². The average molecular weight is 470 g/mol. The van der Waals surface area contributed by atoms with Crippen LogP contribution in [-0.2, 0) is 4.74 Å². The molecular weight excluding hydrogens is 437 g/mol. The van der Waals surface area contributed by atoms with E-state index in [-0.39, 0.29) is 30.5 Å². The van der Waals surface area contributed by atoms with Gasteiger partial charge in [-0.05, 0) is 59.6 Å². The fourth-order valence-electron chi connectivity index (χ4n) is 4.51. The van der Waals surface area contributed by atoms with Crippen LogP contribution in [0.2, 0.25) is 5.02 Å². The number of benzene rings is 1. The SMILES string of the molecule is CC#CC(Oc1cc(N)c(Cl)cc1C(=O)NC1CC2CCC(C1)N2C)C(C)OCC.Cl. The summed E-state index contributed by atoms with van der Waals surface area (Å²) in [4.78, 5) is 15.6. The number of nitrogens with one attached hydrogen (secondary N) is 1. The van der Waals surface area contributed by atoms with Crippen LogP contribution >= 0.6 is 24.0 Å². The van der Waals surface area contributed by atoms with Gasteiger partial charge in [0.1, 0.15) is 11.9 Å². The Kier molecular flexibility index (Phi) is 9.32. The number of hydrogen-bond donors (Lipinski definition) is 2. The molecule has 0 spiro atoms. The molecule has 1 aromatic rings. The molecule has 172 valence electrons. The second-order valence-electron chi connectivity index (χ2n) is 8.16. The van der Waals surface area contributed by atoms with E-state index in [9.17, 15) is 4.79 Å². The number of rotatable bonds is 7. The van der Waals surface area contributed by atoms with Crippen LogP contribution in [0.5, 0.6) is 5.75 Å². The van der Waals surface area contributed by atoms with Crippen molar-refractivity contribution in [2.75, 3.05) is 19.4 Å². The topological polar surface area (TPSA) is 76.8 Å². The van der Waals surface area contributed by atoms with Crippen LogP contribution in [0.25, 0.3) is 0 Å². The van der Waals surface area contributed by atoms with Crippen molar-refractivity contribution in [3.05, 3.63) is 22.7 Å². The number of nitrogens with two attached hydrogens (primary N) is 1. The van der Waals surface area contributed by atoms with Gasteiger partial charge in [-0.3, -0.25) is 4.79 Å². The van der Waals surface area contributed by atoms with Crippen molar-refractivity contribution >= 4 is 35.6 Å². The van der Waals surface area contributed by atoms with Crippen molar-refractivity contribution in [2.45, 2.75) is 76.8 Å². The summed E-state index contributed by atoms with van der Waals surface area (Å²) in [5.74, 6) is 6.05. The van der Waals surface area contributed by atoms with Crippen LogP contribution < -0.4 is 15.8 Å². The maximum atomic E-state index is 13.2. The van der Waals surface area contributed by atoms with Crippen LogP contribution in [0.1, 0.15) is 56.8 Å². The van der Waals surface area contributed by atoms with Crippen molar-refractivity contribution in [1.82, 2.24) is 10.2 Å². The Morgan fingerprint density at radius 3 is 2.58 bits per heavy atom. The highest BCUT2D eigenvalue weighted by atomic mass is 35.5. The van der Waals surface area contributed by atoms with Gasteiger partial charge in [-0.25, -0.2) is 0 Å². The Morgan fingerprint density at radius 1 is 1.35 bits per heavy atom. The zero-order chi connectivity index (χ0) is 21.8. The van der Waals surface area contributed by atoms with Crippen LogP contribution in [0.3, 0.4) is 0 Å². The minimum absolute atomic E-state index is 0. The Hall–Kier alpha value is -1.65.